The molecule has 0 aliphatic carbocycles. The number of aryl methyl sites for hydroxylation is 3. The molecule has 3 rings (SSSR count). The van der Waals surface area contributed by atoms with Crippen molar-refractivity contribution in [3.63, 3.8) is 0 Å². The van der Waals surface area contributed by atoms with Gasteiger partial charge < -0.3 is 19.1 Å². The topological polar surface area (TPSA) is 77.8 Å². The summed E-state index contributed by atoms with van der Waals surface area (Å²) in [7, 11) is 1.61. The number of ether oxygens (including phenoxy) is 2. The predicted octanol–water partition coefficient (Wildman–Crippen LogP) is 5.17. The first kappa shape index (κ1) is 29.3. The Morgan fingerprint density at radius 3 is 2.21 bits per heavy atom. The van der Waals surface area contributed by atoms with E-state index in [0.29, 0.717) is 30.4 Å². The zero-order chi connectivity index (χ0) is 28.4. The van der Waals surface area contributed by atoms with Crippen LogP contribution < -0.4 is 16.0 Å². The molecular formula is C32H41NO5. The second kappa shape index (κ2) is 11.7. The molecule has 38 heavy (non-hydrogen) atoms. The number of carboxylic acid groups (broad SMARTS) is 1. The molecule has 0 spiro atoms. The van der Waals surface area contributed by atoms with Crippen molar-refractivity contribution in [3.8, 4) is 11.1 Å². The van der Waals surface area contributed by atoms with Crippen molar-refractivity contribution < 1.29 is 19.4 Å². The summed E-state index contributed by atoms with van der Waals surface area (Å²) >= 11 is 0. The number of hydrogen-bond donors (Lipinski definition) is 1. The van der Waals surface area contributed by atoms with Crippen molar-refractivity contribution in [1.82, 2.24) is 4.57 Å². The average Bonchev–Trinajstić information content (AvgIpc) is 2.85. The lowest BCUT2D eigenvalue weighted by Crippen LogP contribution is -2.46. The molecule has 1 aromatic heterocycles. The van der Waals surface area contributed by atoms with Gasteiger partial charge in [-0.1, -0.05) is 48.9 Å². The fourth-order valence-corrected chi connectivity index (χ4v) is 5.27. The number of fused-ring (bicyclic) bond motifs is 1. The van der Waals surface area contributed by atoms with E-state index in [2.05, 4.69) is 0 Å². The van der Waals surface area contributed by atoms with E-state index in [0.717, 1.165) is 43.9 Å². The van der Waals surface area contributed by atoms with Crippen LogP contribution in [-0.2, 0) is 20.8 Å². The van der Waals surface area contributed by atoms with Crippen LogP contribution in [0, 0.1) is 20.8 Å². The molecular weight excluding hydrogens is 478 g/mol. The van der Waals surface area contributed by atoms with E-state index < -0.39 is 17.7 Å². The summed E-state index contributed by atoms with van der Waals surface area (Å²) in [6, 6.07) is 8.11. The van der Waals surface area contributed by atoms with Gasteiger partial charge in [0.1, 0.15) is 0 Å². The highest BCUT2D eigenvalue weighted by atomic mass is 16.5. The lowest BCUT2D eigenvalue weighted by molar-refractivity contribution is -0.160. The number of nitrogens with zero attached hydrogens (tertiary/aromatic N) is 1. The van der Waals surface area contributed by atoms with Gasteiger partial charge in [-0.25, -0.2) is 4.79 Å². The Morgan fingerprint density at radius 2 is 1.71 bits per heavy atom. The van der Waals surface area contributed by atoms with Gasteiger partial charge in [0.05, 0.1) is 17.7 Å². The number of carboxylic acids is 1. The minimum absolute atomic E-state index is 0.107. The zero-order valence-corrected chi connectivity index (χ0v) is 24.2. The Bertz CT molecular complexity index is 1520. The number of aromatic nitrogens is 1. The molecule has 1 atom stereocenters. The van der Waals surface area contributed by atoms with Crippen molar-refractivity contribution in [2.75, 3.05) is 13.7 Å². The molecule has 2 aromatic carbocycles. The van der Waals surface area contributed by atoms with Crippen LogP contribution in [0.4, 0.5) is 0 Å². The van der Waals surface area contributed by atoms with Crippen LogP contribution in [0.1, 0.15) is 69.4 Å². The third-order valence-corrected chi connectivity index (χ3v) is 6.83. The van der Waals surface area contributed by atoms with Gasteiger partial charge in [-0.3, -0.25) is 4.79 Å². The van der Waals surface area contributed by atoms with E-state index in [9.17, 15) is 14.7 Å². The Morgan fingerprint density at radius 1 is 1.08 bits per heavy atom. The largest absolute Gasteiger partial charge is 0.479 e. The Hall–Kier alpha value is -3.22. The lowest BCUT2D eigenvalue weighted by Gasteiger charge is -2.30. The number of aliphatic carboxylic acids is 1. The highest BCUT2D eigenvalue weighted by Gasteiger charge is 2.33. The number of pyridine rings is 1. The number of benzene rings is 2. The van der Waals surface area contributed by atoms with Crippen molar-refractivity contribution in [3.05, 3.63) is 67.3 Å². The predicted molar refractivity (Wildman–Crippen MR) is 155 cm³/mol. The van der Waals surface area contributed by atoms with Crippen LogP contribution in [0.5, 0.6) is 0 Å². The van der Waals surface area contributed by atoms with E-state index in [-0.39, 0.29) is 5.56 Å². The van der Waals surface area contributed by atoms with Crippen molar-refractivity contribution in [1.29, 1.82) is 0 Å². The summed E-state index contributed by atoms with van der Waals surface area (Å²) in [5.74, 6) is -1.07. The van der Waals surface area contributed by atoms with Crippen molar-refractivity contribution in [2.24, 2.45) is 0 Å². The zero-order valence-electron chi connectivity index (χ0n) is 24.2. The number of methoxy groups -OCH3 is 1. The van der Waals surface area contributed by atoms with Crippen molar-refractivity contribution in [2.45, 2.75) is 80.1 Å². The second-order valence-electron chi connectivity index (χ2n) is 10.8. The van der Waals surface area contributed by atoms with Crippen LogP contribution in [-0.4, -0.2) is 35.0 Å². The van der Waals surface area contributed by atoms with E-state index in [4.69, 9.17) is 9.47 Å². The maximum atomic E-state index is 13.9. The second-order valence-corrected chi connectivity index (χ2v) is 10.8. The fraction of sp³-hybridized carbons (Fsp3) is 0.438. The molecule has 0 saturated carbocycles. The number of hydrogen-bond acceptors (Lipinski definition) is 4. The maximum Gasteiger partial charge on any atom is 0.337 e. The lowest BCUT2D eigenvalue weighted by atomic mass is 9.84. The molecule has 0 bridgehead atoms. The van der Waals surface area contributed by atoms with Crippen molar-refractivity contribution >= 4 is 29.0 Å². The molecule has 204 valence electrons. The summed E-state index contributed by atoms with van der Waals surface area (Å²) in [6.45, 7) is 16.2. The number of carbonyl (C=O) groups is 1. The minimum Gasteiger partial charge on any atom is -0.479 e. The van der Waals surface area contributed by atoms with Gasteiger partial charge in [0.15, 0.2) is 6.10 Å². The van der Waals surface area contributed by atoms with Gasteiger partial charge in [-0.15, -0.1) is 0 Å². The SMILES string of the molecule is C/C=c1\c(=C/CC)c(=O)n(CCOC)c2c(C)c(C(OC(C)(C)C)C(=O)O)c(-c3ccc(C)cc3)c(C)c12. The van der Waals surface area contributed by atoms with Crippen LogP contribution in [0.25, 0.3) is 34.2 Å². The number of rotatable bonds is 8. The molecule has 1 unspecified atom stereocenters. The van der Waals surface area contributed by atoms with Gasteiger partial charge >= 0.3 is 5.97 Å². The molecule has 0 fully saturated rings. The first-order valence-corrected chi connectivity index (χ1v) is 13.2. The van der Waals surface area contributed by atoms with E-state index in [1.54, 1.807) is 11.7 Å². The normalized spacial score (nSPS) is 13.9. The van der Waals surface area contributed by atoms with Crippen LogP contribution in [0.3, 0.4) is 0 Å². The van der Waals surface area contributed by atoms with Gasteiger partial charge in [0, 0.05) is 29.8 Å². The van der Waals surface area contributed by atoms with E-state index in [1.165, 1.54) is 0 Å². The summed E-state index contributed by atoms with van der Waals surface area (Å²) in [5.41, 5.74) is 4.97. The third-order valence-electron chi connectivity index (χ3n) is 6.83. The fourth-order valence-electron chi connectivity index (χ4n) is 5.27. The van der Waals surface area contributed by atoms with Gasteiger partial charge in [0.2, 0.25) is 0 Å². The summed E-state index contributed by atoms with van der Waals surface area (Å²) in [5, 5.41) is 12.9. The standard InChI is InChI=1S/C32H41NO5/c1-10-12-24-23(11-2)26-20(4)25(22-15-13-19(3)14-16-22)27(29(31(35)36)38-32(6,7)8)21(5)28(26)33(30(24)34)17-18-37-9/h11-16,29H,10,17-18H2,1-9H3,(H,35,36)/b23-11+,24-12+. The van der Waals surface area contributed by atoms with Gasteiger partial charge in [0.25, 0.3) is 5.56 Å². The smallest absolute Gasteiger partial charge is 0.337 e. The molecule has 0 radical (unpaired) electrons. The molecule has 0 aliphatic heterocycles. The van der Waals surface area contributed by atoms with Crippen LogP contribution in [0.2, 0.25) is 0 Å². The molecule has 1 N–H and O–H groups in total. The average molecular weight is 520 g/mol. The first-order chi connectivity index (χ1) is 17.9. The molecule has 0 saturated heterocycles. The first-order valence-electron chi connectivity index (χ1n) is 13.2. The monoisotopic (exact) mass is 519 g/mol. The quantitative estimate of drug-likeness (QED) is 0.444. The summed E-state index contributed by atoms with van der Waals surface area (Å²) in [6.07, 6.45) is 3.44. The molecule has 6 nitrogen and oxygen atoms in total. The van der Waals surface area contributed by atoms with Crippen LogP contribution >= 0.6 is 0 Å². The summed E-state index contributed by atoms with van der Waals surface area (Å²) in [4.78, 5) is 26.6. The van der Waals surface area contributed by atoms with E-state index in [1.807, 2.05) is 91.8 Å². The molecule has 0 amide bonds. The van der Waals surface area contributed by atoms with Crippen LogP contribution in [0.15, 0.2) is 29.1 Å². The maximum absolute atomic E-state index is 13.9. The Labute approximate surface area is 225 Å². The Kier molecular flexibility index (Phi) is 9.01. The highest BCUT2D eigenvalue weighted by molar-refractivity contribution is 5.97. The minimum atomic E-state index is -1.23. The molecule has 0 aliphatic rings. The van der Waals surface area contributed by atoms with Gasteiger partial charge in [-0.05, 0) is 82.4 Å². The highest BCUT2D eigenvalue weighted by Crippen LogP contribution is 2.41. The van der Waals surface area contributed by atoms with E-state index >= 15 is 0 Å². The Balaban J connectivity index is 2.73. The summed E-state index contributed by atoms with van der Waals surface area (Å²) < 4.78 is 13.3. The third kappa shape index (κ3) is 5.62. The molecule has 6 heteroatoms. The van der Waals surface area contributed by atoms with Gasteiger partial charge in [-0.2, -0.15) is 0 Å². The molecule has 3 aromatic rings. The molecule has 1 heterocycles.